The molecule has 2 aromatic carbocycles. The number of hydrogen-bond donors (Lipinski definition) is 1. The van der Waals surface area contributed by atoms with Gasteiger partial charge in [0.25, 0.3) is 5.91 Å². The highest BCUT2D eigenvalue weighted by molar-refractivity contribution is 6.33. The Morgan fingerprint density at radius 1 is 1.12 bits per heavy atom. The van der Waals surface area contributed by atoms with Crippen LogP contribution in [0.5, 0.6) is 11.5 Å². The maximum absolute atomic E-state index is 12.5. The van der Waals surface area contributed by atoms with Crippen molar-refractivity contribution in [2.75, 3.05) is 26.4 Å². The summed E-state index contributed by atoms with van der Waals surface area (Å²) in [7, 11) is 0. The van der Waals surface area contributed by atoms with Crippen molar-refractivity contribution < 1.29 is 23.8 Å². The minimum atomic E-state index is -0.698. The molecule has 4 rings (SSSR count). The minimum Gasteiger partial charge on any atom is -0.486 e. The number of hydrogen-bond acceptors (Lipinski definition) is 6. The standard InChI is InChI=1S/C23H22ClN3O5/c1-15-21(22(24)27(26-15)17-5-3-2-4-6-17)23(29)32-14-20(28)25-10-9-16-7-8-18-19(13-16)31-12-11-30-18/h2-8,13H,9-12,14H2,1H3,(H,25,28). The number of esters is 1. The predicted molar refractivity (Wildman–Crippen MR) is 118 cm³/mol. The third kappa shape index (κ3) is 4.86. The van der Waals surface area contributed by atoms with Crippen molar-refractivity contribution in [2.24, 2.45) is 0 Å². The van der Waals surface area contributed by atoms with Gasteiger partial charge in [-0.3, -0.25) is 4.79 Å². The number of para-hydroxylation sites is 1. The molecule has 0 fully saturated rings. The van der Waals surface area contributed by atoms with Crippen LogP contribution in [0.25, 0.3) is 5.69 Å². The van der Waals surface area contributed by atoms with Crippen LogP contribution in [0.3, 0.4) is 0 Å². The fourth-order valence-electron chi connectivity index (χ4n) is 3.32. The van der Waals surface area contributed by atoms with Gasteiger partial charge in [-0.2, -0.15) is 5.10 Å². The number of nitrogens with one attached hydrogen (secondary N) is 1. The van der Waals surface area contributed by atoms with Crippen LogP contribution in [-0.4, -0.2) is 48.0 Å². The average Bonchev–Trinajstić information content (AvgIpc) is 3.12. The van der Waals surface area contributed by atoms with E-state index in [1.54, 1.807) is 6.92 Å². The van der Waals surface area contributed by atoms with Gasteiger partial charge in [-0.1, -0.05) is 35.9 Å². The van der Waals surface area contributed by atoms with Gasteiger partial charge < -0.3 is 19.5 Å². The zero-order valence-electron chi connectivity index (χ0n) is 17.5. The van der Waals surface area contributed by atoms with Gasteiger partial charge in [-0.15, -0.1) is 0 Å². The number of ether oxygens (including phenoxy) is 3. The Bertz CT molecular complexity index is 1130. The Hall–Kier alpha value is -3.52. The zero-order valence-corrected chi connectivity index (χ0v) is 18.2. The van der Waals surface area contributed by atoms with Crippen molar-refractivity contribution in [1.82, 2.24) is 15.1 Å². The van der Waals surface area contributed by atoms with Crippen molar-refractivity contribution in [3.63, 3.8) is 0 Å². The lowest BCUT2D eigenvalue weighted by molar-refractivity contribution is -0.124. The third-order valence-electron chi connectivity index (χ3n) is 4.89. The van der Waals surface area contributed by atoms with Crippen molar-refractivity contribution in [3.8, 4) is 17.2 Å². The molecule has 1 aliphatic heterocycles. The van der Waals surface area contributed by atoms with Crippen LogP contribution in [0.4, 0.5) is 0 Å². The number of carbonyl (C=O) groups is 2. The number of fused-ring (bicyclic) bond motifs is 1. The number of aryl methyl sites for hydroxylation is 1. The number of carbonyl (C=O) groups excluding carboxylic acids is 2. The highest BCUT2D eigenvalue weighted by Gasteiger charge is 2.23. The molecule has 0 radical (unpaired) electrons. The molecular weight excluding hydrogens is 434 g/mol. The summed E-state index contributed by atoms with van der Waals surface area (Å²) >= 11 is 6.36. The lowest BCUT2D eigenvalue weighted by Crippen LogP contribution is -2.30. The first-order valence-corrected chi connectivity index (χ1v) is 10.5. The summed E-state index contributed by atoms with van der Waals surface area (Å²) in [6.45, 7) is 2.70. The van der Waals surface area contributed by atoms with Gasteiger partial charge in [0.1, 0.15) is 23.9 Å². The van der Waals surface area contributed by atoms with Crippen molar-refractivity contribution in [3.05, 3.63) is 70.5 Å². The molecule has 0 saturated heterocycles. The zero-order chi connectivity index (χ0) is 22.5. The Kier molecular flexibility index (Phi) is 6.61. The summed E-state index contributed by atoms with van der Waals surface area (Å²) in [5, 5.41) is 7.18. The molecule has 0 saturated carbocycles. The van der Waals surface area contributed by atoms with Gasteiger partial charge in [-0.25, -0.2) is 9.48 Å². The topological polar surface area (TPSA) is 91.7 Å². The van der Waals surface area contributed by atoms with E-state index < -0.39 is 18.5 Å². The first-order valence-electron chi connectivity index (χ1n) is 10.2. The smallest absolute Gasteiger partial charge is 0.343 e. The second kappa shape index (κ2) is 9.74. The number of amides is 1. The molecule has 1 aromatic heterocycles. The van der Waals surface area contributed by atoms with E-state index in [2.05, 4.69) is 10.4 Å². The highest BCUT2D eigenvalue weighted by Crippen LogP contribution is 2.30. The molecule has 0 atom stereocenters. The SMILES string of the molecule is Cc1nn(-c2ccccc2)c(Cl)c1C(=O)OCC(=O)NCCc1ccc2c(c1)OCCO2. The number of nitrogens with zero attached hydrogens (tertiary/aromatic N) is 2. The van der Waals surface area contributed by atoms with Gasteiger partial charge in [0.15, 0.2) is 18.1 Å². The minimum absolute atomic E-state index is 0.137. The van der Waals surface area contributed by atoms with Crippen LogP contribution in [-0.2, 0) is 16.0 Å². The summed E-state index contributed by atoms with van der Waals surface area (Å²) in [6, 6.07) is 14.9. The third-order valence-corrected chi connectivity index (χ3v) is 5.23. The molecule has 1 amide bonds. The molecule has 8 nitrogen and oxygen atoms in total. The molecule has 2 heterocycles. The fourth-order valence-corrected chi connectivity index (χ4v) is 3.66. The normalized spacial score (nSPS) is 12.3. The van der Waals surface area contributed by atoms with E-state index in [-0.39, 0.29) is 10.7 Å². The lowest BCUT2D eigenvalue weighted by atomic mass is 10.1. The molecule has 0 bridgehead atoms. The summed E-state index contributed by atoms with van der Waals surface area (Å²) in [4.78, 5) is 24.6. The van der Waals surface area contributed by atoms with E-state index in [1.165, 1.54) is 4.68 Å². The molecule has 166 valence electrons. The fraction of sp³-hybridized carbons (Fsp3) is 0.261. The maximum atomic E-state index is 12.5. The van der Waals surface area contributed by atoms with Crippen molar-refractivity contribution >= 4 is 23.5 Å². The van der Waals surface area contributed by atoms with E-state index >= 15 is 0 Å². The van der Waals surface area contributed by atoms with Gasteiger partial charge in [-0.05, 0) is 43.2 Å². The molecule has 0 spiro atoms. The second-order valence-corrected chi connectivity index (χ2v) is 7.51. The number of rotatable bonds is 7. The number of aromatic nitrogens is 2. The Labute approximate surface area is 190 Å². The molecule has 9 heteroatoms. The largest absolute Gasteiger partial charge is 0.486 e. The van der Waals surface area contributed by atoms with E-state index in [0.717, 1.165) is 17.0 Å². The van der Waals surface area contributed by atoms with Crippen molar-refractivity contribution in [2.45, 2.75) is 13.3 Å². The Morgan fingerprint density at radius 3 is 2.66 bits per heavy atom. The summed E-state index contributed by atoms with van der Waals surface area (Å²) in [5.41, 5.74) is 2.28. The van der Waals surface area contributed by atoms with E-state index in [0.29, 0.717) is 37.6 Å². The first kappa shape index (κ1) is 21.7. The first-order chi connectivity index (χ1) is 15.5. The van der Waals surface area contributed by atoms with Gasteiger partial charge in [0.05, 0.1) is 11.4 Å². The molecule has 32 heavy (non-hydrogen) atoms. The molecule has 0 unspecified atom stereocenters. The van der Waals surface area contributed by atoms with Gasteiger partial charge in [0, 0.05) is 6.54 Å². The second-order valence-electron chi connectivity index (χ2n) is 7.15. The lowest BCUT2D eigenvalue weighted by Gasteiger charge is -2.18. The highest BCUT2D eigenvalue weighted by atomic mass is 35.5. The predicted octanol–water partition coefficient (Wildman–Crippen LogP) is 3.12. The van der Waals surface area contributed by atoms with E-state index in [9.17, 15) is 9.59 Å². The monoisotopic (exact) mass is 455 g/mol. The Balaban J connectivity index is 1.28. The van der Waals surface area contributed by atoms with E-state index in [1.807, 2.05) is 48.5 Å². The van der Waals surface area contributed by atoms with Crippen LogP contribution in [0.2, 0.25) is 5.15 Å². The van der Waals surface area contributed by atoms with Crippen molar-refractivity contribution in [1.29, 1.82) is 0 Å². The van der Waals surface area contributed by atoms with Crippen LogP contribution in [0, 0.1) is 6.92 Å². The van der Waals surface area contributed by atoms with E-state index in [4.69, 9.17) is 25.8 Å². The summed E-state index contributed by atoms with van der Waals surface area (Å²) in [6.07, 6.45) is 0.602. The average molecular weight is 456 g/mol. The van der Waals surface area contributed by atoms with Gasteiger partial charge >= 0.3 is 5.97 Å². The van der Waals surface area contributed by atoms with Crippen LogP contribution < -0.4 is 14.8 Å². The molecule has 0 aliphatic carbocycles. The van der Waals surface area contributed by atoms with Crippen LogP contribution in [0.1, 0.15) is 21.6 Å². The maximum Gasteiger partial charge on any atom is 0.343 e. The number of benzene rings is 2. The summed E-state index contributed by atoms with van der Waals surface area (Å²) in [5.74, 6) is 0.328. The molecule has 1 aliphatic rings. The molecule has 1 N–H and O–H groups in total. The Morgan fingerprint density at radius 2 is 1.88 bits per heavy atom. The van der Waals surface area contributed by atoms with Crippen LogP contribution >= 0.6 is 11.6 Å². The summed E-state index contributed by atoms with van der Waals surface area (Å²) < 4.78 is 17.7. The number of halogens is 1. The van der Waals surface area contributed by atoms with Crippen LogP contribution in [0.15, 0.2) is 48.5 Å². The van der Waals surface area contributed by atoms with Gasteiger partial charge in [0.2, 0.25) is 0 Å². The molecule has 3 aromatic rings. The quantitative estimate of drug-likeness (QED) is 0.550. The molecular formula is C23H22ClN3O5.